The Balaban J connectivity index is 1.38. The predicted molar refractivity (Wildman–Crippen MR) is 116 cm³/mol. The Hall–Kier alpha value is -2.41. The second-order valence-corrected chi connectivity index (χ2v) is 7.69. The molecule has 0 aromatic heterocycles. The molecule has 2 amide bonds. The molecule has 2 aromatic rings. The number of nitrogens with zero attached hydrogens (tertiary/aromatic N) is 2. The van der Waals surface area contributed by atoms with Gasteiger partial charge in [0.25, 0.3) is 0 Å². The zero-order valence-electron chi connectivity index (χ0n) is 16.6. The number of anilines is 1. The lowest BCUT2D eigenvalue weighted by atomic mass is 10.1. The van der Waals surface area contributed by atoms with E-state index in [0.29, 0.717) is 23.8 Å². The summed E-state index contributed by atoms with van der Waals surface area (Å²) in [5, 5.41) is 6.43. The van der Waals surface area contributed by atoms with Crippen LogP contribution in [0.25, 0.3) is 0 Å². The van der Waals surface area contributed by atoms with Crippen molar-refractivity contribution >= 4 is 29.1 Å². The van der Waals surface area contributed by atoms with E-state index in [9.17, 15) is 9.59 Å². The van der Waals surface area contributed by atoms with Crippen molar-refractivity contribution in [1.82, 2.24) is 15.1 Å². The van der Waals surface area contributed by atoms with Crippen LogP contribution >= 0.6 is 11.6 Å². The molecular weight excluding hydrogens is 388 g/mol. The molecule has 0 aliphatic carbocycles. The summed E-state index contributed by atoms with van der Waals surface area (Å²) in [7, 11) is 0. The lowest BCUT2D eigenvalue weighted by Crippen LogP contribution is -2.51. The highest BCUT2D eigenvalue weighted by atomic mass is 35.5. The number of carbonyl (C=O) groups excluding carboxylic acids is 2. The molecule has 0 saturated carbocycles. The molecule has 1 aliphatic heterocycles. The van der Waals surface area contributed by atoms with Gasteiger partial charge in [-0.1, -0.05) is 54.1 Å². The molecule has 3 rings (SSSR count). The van der Waals surface area contributed by atoms with E-state index in [1.165, 1.54) is 0 Å². The maximum absolute atomic E-state index is 12.3. The number of piperazine rings is 1. The highest BCUT2D eigenvalue weighted by Crippen LogP contribution is 2.20. The summed E-state index contributed by atoms with van der Waals surface area (Å²) in [6, 6.07) is 17.1. The largest absolute Gasteiger partial charge is 0.348 e. The number of amides is 2. The van der Waals surface area contributed by atoms with Gasteiger partial charge in [0.1, 0.15) is 0 Å². The van der Waals surface area contributed by atoms with Gasteiger partial charge in [-0.05, 0) is 24.6 Å². The summed E-state index contributed by atoms with van der Waals surface area (Å²) in [5.41, 5.74) is 1.72. The van der Waals surface area contributed by atoms with Crippen molar-refractivity contribution in [3.05, 3.63) is 65.2 Å². The molecule has 1 aliphatic rings. The van der Waals surface area contributed by atoms with E-state index in [1.807, 2.05) is 49.4 Å². The fraction of sp³-hybridized carbons (Fsp3) is 0.364. The number of rotatable bonds is 7. The Morgan fingerprint density at radius 2 is 1.45 bits per heavy atom. The number of nitrogens with one attached hydrogen (secondary N) is 2. The first-order valence-electron chi connectivity index (χ1n) is 9.84. The molecule has 0 spiro atoms. The Bertz CT molecular complexity index is 823. The van der Waals surface area contributed by atoms with E-state index < -0.39 is 0 Å². The smallest absolute Gasteiger partial charge is 0.238 e. The maximum Gasteiger partial charge on any atom is 0.238 e. The van der Waals surface area contributed by atoms with E-state index >= 15 is 0 Å². The summed E-state index contributed by atoms with van der Waals surface area (Å²) in [6.45, 7) is 5.68. The van der Waals surface area contributed by atoms with E-state index in [-0.39, 0.29) is 17.9 Å². The third-order valence-electron chi connectivity index (χ3n) is 5.02. The minimum atomic E-state index is -0.0824. The zero-order valence-corrected chi connectivity index (χ0v) is 17.4. The van der Waals surface area contributed by atoms with E-state index in [4.69, 9.17) is 11.6 Å². The Kier molecular flexibility index (Phi) is 7.63. The lowest BCUT2D eigenvalue weighted by Gasteiger charge is -2.34. The summed E-state index contributed by atoms with van der Waals surface area (Å²) in [4.78, 5) is 28.8. The van der Waals surface area contributed by atoms with Gasteiger partial charge in [-0.25, -0.2) is 0 Å². The van der Waals surface area contributed by atoms with Crippen molar-refractivity contribution in [3.63, 3.8) is 0 Å². The number of hydrogen-bond acceptors (Lipinski definition) is 4. The Morgan fingerprint density at radius 3 is 2.07 bits per heavy atom. The van der Waals surface area contributed by atoms with Crippen LogP contribution in [0.4, 0.5) is 5.69 Å². The number of hydrogen-bond donors (Lipinski definition) is 2. The van der Waals surface area contributed by atoms with Gasteiger partial charge in [-0.15, -0.1) is 0 Å². The van der Waals surface area contributed by atoms with Gasteiger partial charge in [0.2, 0.25) is 11.8 Å². The third-order valence-corrected chi connectivity index (χ3v) is 5.35. The van der Waals surface area contributed by atoms with E-state index in [0.717, 1.165) is 31.7 Å². The zero-order chi connectivity index (χ0) is 20.6. The van der Waals surface area contributed by atoms with Crippen LogP contribution in [0.3, 0.4) is 0 Å². The van der Waals surface area contributed by atoms with E-state index in [1.54, 1.807) is 12.1 Å². The first-order valence-corrected chi connectivity index (χ1v) is 10.2. The maximum atomic E-state index is 12.3. The molecule has 2 N–H and O–H groups in total. The molecule has 1 unspecified atom stereocenters. The second-order valence-electron chi connectivity index (χ2n) is 7.28. The summed E-state index contributed by atoms with van der Waals surface area (Å²) in [5.74, 6) is -0.0627. The van der Waals surface area contributed by atoms with Crippen molar-refractivity contribution < 1.29 is 9.59 Å². The second kappa shape index (κ2) is 10.4. The number of para-hydroxylation sites is 1. The minimum absolute atomic E-state index is 0.0153. The fourth-order valence-electron chi connectivity index (χ4n) is 3.38. The standard InChI is InChI=1S/C22H27ClN4O2/c1-17(18-7-3-2-4-8-18)24-21(28)15-26-11-13-27(14-12-26)16-22(29)25-20-10-6-5-9-19(20)23/h2-10,17H,11-16H2,1H3,(H,24,28)(H,25,29). The minimum Gasteiger partial charge on any atom is -0.348 e. The molecule has 6 nitrogen and oxygen atoms in total. The summed E-state index contributed by atoms with van der Waals surface area (Å²) < 4.78 is 0. The first-order chi connectivity index (χ1) is 14.0. The fourth-order valence-corrected chi connectivity index (χ4v) is 3.56. The monoisotopic (exact) mass is 414 g/mol. The SMILES string of the molecule is CC(NC(=O)CN1CCN(CC(=O)Nc2ccccc2Cl)CC1)c1ccccc1. The van der Waals surface area contributed by atoms with Gasteiger partial charge in [0.15, 0.2) is 0 Å². The molecule has 1 heterocycles. The van der Waals surface area contributed by atoms with Crippen LogP contribution in [0.2, 0.25) is 5.02 Å². The highest BCUT2D eigenvalue weighted by molar-refractivity contribution is 6.33. The molecule has 2 aromatic carbocycles. The van der Waals surface area contributed by atoms with Crippen LogP contribution in [-0.4, -0.2) is 60.9 Å². The number of halogens is 1. The van der Waals surface area contributed by atoms with Crippen LogP contribution < -0.4 is 10.6 Å². The van der Waals surface area contributed by atoms with Crippen molar-refractivity contribution in [2.75, 3.05) is 44.6 Å². The molecule has 1 saturated heterocycles. The molecular formula is C22H27ClN4O2. The predicted octanol–water partition coefficient (Wildman–Crippen LogP) is 2.77. The third kappa shape index (κ3) is 6.56. The van der Waals surface area contributed by atoms with Crippen LogP contribution in [-0.2, 0) is 9.59 Å². The van der Waals surface area contributed by atoms with Crippen molar-refractivity contribution in [3.8, 4) is 0 Å². The van der Waals surface area contributed by atoms with Gasteiger partial charge >= 0.3 is 0 Å². The molecule has 29 heavy (non-hydrogen) atoms. The van der Waals surface area contributed by atoms with Crippen LogP contribution in [0, 0.1) is 0 Å². The molecule has 0 radical (unpaired) electrons. The van der Waals surface area contributed by atoms with E-state index in [2.05, 4.69) is 20.4 Å². The lowest BCUT2D eigenvalue weighted by molar-refractivity contribution is -0.124. The van der Waals surface area contributed by atoms with Crippen LogP contribution in [0.5, 0.6) is 0 Å². The first kappa shape index (κ1) is 21.3. The Labute approximate surface area is 176 Å². The highest BCUT2D eigenvalue weighted by Gasteiger charge is 2.21. The van der Waals surface area contributed by atoms with Gasteiger partial charge in [0, 0.05) is 26.2 Å². The van der Waals surface area contributed by atoms with Gasteiger partial charge in [-0.2, -0.15) is 0 Å². The van der Waals surface area contributed by atoms with Gasteiger partial charge in [0.05, 0.1) is 29.8 Å². The number of carbonyl (C=O) groups is 2. The average molecular weight is 415 g/mol. The Morgan fingerprint density at radius 1 is 0.897 bits per heavy atom. The molecule has 1 fully saturated rings. The van der Waals surface area contributed by atoms with Gasteiger partial charge < -0.3 is 10.6 Å². The quantitative estimate of drug-likeness (QED) is 0.731. The topological polar surface area (TPSA) is 64.7 Å². The van der Waals surface area contributed by atoms with Crippen molar-refractivity contribution in [1.29, 1.82) is 0 Å². The van der Waals surface area contributed by atoms with Crippen molar-refractivity contribution in [2.45, 2.75) is 13.0 Å². The normalized spacial score (nSPS) is 16.2. The molecule has 0 bridgehead atoms. The molecule has 7 heteroatoms. The van der Waals surface area contributed by atoms with Crippen LogP contribution in [0.15, 0.2) is 54.6 Å². The molecule has 154 valence electrons. The van der Waals surface area contributed by atoms with Gasteiger partial charge in [-0.3, -0.25) is 19.4 Å². The number of benzene rings is 2. The molecule has 1 atom stereocenters. The van der Waals surface area contributed by atoms with Crippen molar-refractivity contribution in [2.24, 2.45) is 0 Å². The van der Waals surface area contributed by atoms with Crippen LogP contribution in [0.1, 0.15) is 18.5 Å². The average Bonchev–Trinajstić information content (AvgIpc) is 2.72. The summed E-state index contributed by atoms with van der Waals surface area (Å²) >= 11 is 6.08. The summed E-state index contributed by atoms with van der Waals surface area (Å²) in [6.07, 6.45) is 0.